The number of aliphatic hydroxyl groups excluding tert-OH is 2. The van der Waals surface area contributed by atoms with Gasteiger partial charge in [-0.25, -0.2) is 4.98 Å². The van der Waals surface area contributed by atoms with Crippen molar-refractivity contribution in [1.82, 2.24) is 30.2 Å². The quantitative estimate of drug-likeness (QED) is 0.207. The molecule has 5 rings (SSSR count). The first-order chi connectivity index (χ1) is 17.7. The summed E-state index contributed by atoms with van der Waals surface area (Å²) in [6.45, 7) is 4.56. The minimum absolute atomic E-state index is 0.0854. The zero-order valence-electron chi connectivity index (χ0n) is 20.7. The van der Waals surface area contributed by atoms with Gasteiger partial charge in [-0.05, 0) is 60.8 Å². The molecule has 1 fully saturated rings. The van der Waals surface area contributed by atoms with Crippen molar-refractivity contribution in [3.8, 4) is 11.1 Å². The number of benzene rings is 1. The van der Waals surface area contributed by atoms with E-state index in [9.17, 15) is 9.90 Å². The summed E-state index contributed by atoms with van der Waals surface area (Å²) in [7, 11) is 0. The third-order valence-corrected chi connectivity index (χ3v) is 7.87. The van der Waals surface area contributed by atoms with Crippen LogP contribution >= 0.6 is 15.9 Å². The Morgan fingerprint density at radius 2 is 2.05 bits per heavy atom. The van der Waals surface area contributed by atoms with Crippen LogP contribution in [0.15, 0.2) is 41.1 Å². The number of nitrogens with zero attached hydrogens (tertiary/aromatic N) is 4. The molecule has 10 nitrogen and oxygen atoms in total. The van der Waals surface area contributed by atoms with Crippen LogP contribution in [0.2, 0.25) is 0 Å². The number of nitrogens with one attached hydrogen (secondary N) is 2. The SMILES string of the molecule is Cc1ccc2ncc(-c3cnn4c(N)c(Br)c(C(C)NCC5(CNC(=O)[C@@H](O)CO)CC5)nc34)cc2c1. The molecule has 6 N–H and O–H groups in total. The van der Waals surface area contributed by atoms with E-state index in [4.69, 9.17) is 15.8 Å². The fourth-order valence-electron chi connectivity index (χ4n) is 4.44. The second kappa shape index (κ2) is 9.97. The maximum absolute atomic E-state index is 11.8. The molecule has 1 aliphatic rings. The number of aromatic nitrogens is 4. The highest BCUT2D eigenvalue weighted by molar-refractivity contribution is 9.10. The van der Waals surface area contributed by atoms with Crippen LogP contribution in [0.3, 0.4) is 0 Å². The topological polar surface area (TPSA) is 151 Å². The Hall–Kier alpha value is -3.12. The van der Waals surface area contributed by atoms with Gasteiger partial charge in [0, 0.05) is 47.3 Å². The molecule has 1 aliphatic carbocycles. The van der Waals surface area contributed by atoms with E-state index in [0.29, 0.717) is 29.0 Å². The molecule has 0 radical (unpaired) electrons. The Morgan fingerprint density at radius 3 is 2.78 bits per heavy atom. The van der Waals surface area contributed by atoms with Gasteiger partial charge in [0.15, 0.2) is 11.8 Å². The minimum atomic E-state index is -1.40. The van der Waals surface area contributed by atoms with Gasteiger partial charge in [0.05, 0.1) is 28.5 Å². The first kappa shape index (κ1) is 25.5. The van der Waals surface area contributed by atoms with Crippen LogP contribution in [0.1, 0.15) is 37.1 Å². The van der Waals surface area contributed by atoms with Crippen molar-refractivity contribution in [2.75, 3.05) is 25.4 Å². The lowest BCUT2D eigenvalue weighted by molar-refractivity contribution is -0.131. The molecule has 4 aromatic rings. The van der Waals surface area contributed by atoms with E-state index in [2.05, 4.69) is 55.7 Å². The van der Waals surface area contributed by atoms with Crippen LogP contribution < -0.4 is 16.4 Å². The molecular formula is C26H30BrN7O3. The Bertz CT molecular complexity index is 1480. The second-order valence-corrected chi connectivity index (χ2v) is 10.7. The highest BCUT2D eigenvalue weighted by atomic mass is 79.9. The lowest BCUT2D eigenvalue weighted by Gasteiger charge is -2.22. The van der Waals surface area contributed by atoms with Gasteiger partial charge >= 0.3 is 0 Å². The molecule has 0 spiro atoms. The molecule has 194 valence electrons. The lowest BCUT2D eigenvalue weighted by Crippen LogP contribution is -2.42. The van der Waals surface area contributed by atoms with Crippen molar-refractivity contribution in [3.05, 3.63) is 52.4 Å². The standard InChI is InChI=1S/C26H30BrN7O3/c1-14-3-4-19-16(7-14)8-17(9-29-19)18-10-32-34-23(28)21(27)22(33-24(18)34)15(2)30-12-26(5-6-26)13-31-25(37)20(36)11-35/h3-4,7-10,15,20,30,35-36H,5-6,11-13,28H2,1-2H3,(H,31,37)/t15?,20-/m0/s1. The summed E-state index contributed by atoms with van der Waals surface area (Å²) >= 11 is 3.61. The first-order valence-electron chi connectivity index (χ1n) is 12.2. The molecule has 37 heavy (non-hydrogen) atoms. The van der Waals surface area contributed by atoms with Gasteiger partial charge in [-0.2, -0.15) is 9.61 Å². The summed E-state index contributed by atoms with van der Waals surface area (Å²) in [5, 5.41) is 30.2. The summed E-state index contributed by atoms with van der Waals surface area (Å²) < 4.78 is 2.30. The number of amides is 1. The van der Waals surface area contributed by atoms with Gasteiger partial charge in [0.25, 0.3) is 5.91 Å². The molecular weight excluding hydrogens is 538 g/mol. The van der Waals surface area contributed by atoms with Gasteiger partial charge < -0.3 is 26.6 Å². The van der Waals surface area contributed by atoms with Crippen LogP contribution in [0, 0.1) is 12.3 Å². The third-order valence-electron chi connectivity index (χ3n) is 7.06. The van der Waals surface area contributed by atoms with Crippen LogP contribution in [-0.2, 0) is 4.79 Å². The van der Waals surface area contributed by atoms with Crippen molar-refractivity contribution in [3.63, 3.8) is 0 Å². The van der Waals surface area contributed by atoms with Crippen molar-refractivity contribution >= 4 is 44.2 Å². The number of rotatable bonds is 9. The largest absolute Gasteiger partial charge is 0.393 e. The molecule has 0 saturated heterocycles. The van der Waals surface area contributed by atoms with Gasteiger partial charge in [-0.3, -0.25) is 9.78 Å². The number of fused-ring (bicyclic) bond motifs is 2. The van der Waals surface area contributed by atoms with E-state index in [1.54, 1.807) is 10.7 Å². The number of aliphatic hydroxyl groups is 2. The predicted molar refractivity (Wildman–Crippen MR) is 145 cm³/mol. The Kier molecular flexibility index (Phi) is 6.88. The molecule has 1 aromatic carbocycles. The number of hydrogen-bond acceptors (Lipinski definition) is 8. The third kappa shape index (κ3) is 5.04. The molecule has 1 amide bonds. The first-order valence-corrected chi connectivity index (χ1v) is 13.0. The number of anilines is 1. The van der Waals surface area contributed by atoms with Crippen molar-refractivity contribution in [2.45, 2.75) is 38.8 Å². The van der Waals surface area contributed by atoms with Crippen LogP contribution in [0.25, 0.3) is 27.7 Å². The van der Waals surface area contributed by atoms with Gasteiger partial charge in [-0.1, -0.05) is 11.6 Å². The number of carbonyl (C=O) groups is 1. The molecule has 2 atom stereocenters. The zero-order valence-corrected chi connectivity index (χ0v) is 22.3. The summed E-state index contributed by atoms with van der Waals surface area (Å²) in [6.07, 6.45) is 4.10. The molecule has 1 unspecified atom stereocenters. The number of nitrogens with two attached hydrogens (primary N) is 1. The number of pyridine rings is 1. The van der Waals surface area contributed by atoms with Gasteiger partial charge in [0.1, 0.15) is 5.82 Å². The average Bonchev–Trinajstić information content (AvgIpc) is 3.55. The molecule has 0 bridgehead atoms. The van der Waals surface area contributed by atoms with E-state index < -0.39 is 18.6 Å². The second-order valence-electron chi connectivity index (χ2n) is 9.93. The monoisotopic (exact) mass is 567 g/mol. The number of nitrogen functional groups attached to an aromatic ring is 1. The Morgan fingerprint density at radius 1 is 1.27 bits per heavy atom. The average molecular weight is 568 g/mol. The highest BCUT2D eigenvalue weighted by Gasteiger charge is 2.43. The van der Waals surface area contributed by atoms with E-state index in [-0.39, 0.29) is 11.5 Å². The van der Waals surface area contributed by atoms with E-state index in [1.807, 2.05) is 25.3 Å². The zero-order chi connectivity index (χ0) is 26.3. The van der Waals surface area contributed by atoms with E-state index >= 15 is 0 Å². The lowest BCUT2D eigenvalue weighted by atomic mass is 10.1. The van der Waals surface area contributed by atoms with Crippen molar-refractivity contribution < 1.29 is 15.0 Å². The number of aryl methyl sites for hydroxylation is 1. The minimum Gasteiger partial charge on any atom is -0.393 e. The maximum atomic E-state index is 11.8. The molecule has 0 aliphatic heterocycles. The smallest absolute Gasteiger partial charge is 0.251 e. The Balaban J connectivity index is 1.39. The van der Waals surface area contributed by atoms with Gasteiger partial charge in [-0.15, -0.1) is 0 Å². The highest BCUT2D eigenvalue weighted by Crippen LogP contribution is 2.45. The summed E-state index contributed by atoms with van der Waals surface area (Å²) in [5.74, 6) is -0.105. The van der Waals surface area contributed by atoms with Crippen LogP contribution in [0.5, 0.6) is 0 Å². The van der Waals surface area contributed by atoms with Crippen LogP contribution in [0.4, 0.5) is 5.82 Å². The van der Waals surface area contributed by atoms with Crippen molar-refractivity contribution in [2.24, 2.45) is 5.41 Å². The number of hydrogen-bond donors (Lipinski definition) is 5. The predicted octanol–water partition coefficient (Wildman–Crippen LogP) is 2.50. The van der Waals surface area contributed by atoms with E-state index in [1.165, 1.54) is 0 Å². The summed E-state index contributed by atoms with van der Waals surface area (Å²) in [6, 6.07) is 8.11. The summed E-state index contributed by atoms with van der Waals surface area (Å²) in [4.78, 5) is 21.4. The van der Waals surface area contributed by atoms with Gasteiger partial charge in [0.2, 0.25) is 0 Å². The fourth-order valence-corrected chi connectivity index (χ4v) is 5.04. The Labute approximate surface area is 222 Å². The fraction of sp³-hybridized carbons (Fsp3) is 0.385. The van der Waals surface area contributed by atoms with Crippen LogP contribution in [-0.4, -0.2) is 61.5 Å². The maximum Gasteiger partial charge on any atom is 0.251 e. The van der Waals surface area contributed by atoms with Crippen molar-refractivity contribution in [1.29, 1.82) is 0 Å². The number of carbonyl (C=O) groups excluding carboxylic acids is 1. The molecule has 1 saturated carbocycles. The normalized spacial score (nSPS) is 16.1. The molecule has 11 heteroatoms. The number of halogens is 1. The summed E-state index contributed by atoms with van der Waals surface area (Å²) in [5.41, 5.74) is 11.6. The van der Waals surface area contributed by atoms with E-state index in [0.717, 1.165) is 46.1 Å². The molecule has 3 heterocycles. The molecule has 3 aromatic heterocycles.